The Morgan fingerprint density at radius 2 is 2.27 bits per heavy atom. The number of pyridine rings is 1. The minimum Gasteiger partial charge on any atom is -0.487 e. The van der Waals surface area contributed by atoms with Crippen LogP contribution in [0.3, 0.4) is 0 Å². The van der Waals surface area contributed by atoms with Gasteiger partial charge in [0.15, 0.2) is 0 Å². The van der Waals surface area contributed by atoms with Crippen molar-refractivity contribution in [1.29, 1.82) is 5.26 Å². The lowest BCUT2D eigenvalue weighted by Crippen LogP contribution is -2.35. The van der Waals surface area contributed by atoms with E-state index < -0.39 is 15.4 Å². The van der Waals surface area contributed by atoms with E-state index in [-0.39, 0.29) is 11.9 Å². The Hall–Kier alpha value is -1.65. The number of aryl methyl sites for hydroxylation is 1. The lowest BCUT2D eigenvalue weighted by molar-refractivity contribution is 0.214. The number of rotatable bonds is 5. The molecule has 0 spiro atoms. The highest BCUT2D eigenvalue weighted by atomic mass is 32.2. The first-order chi connectivity index (χ1) is 10.4. The van der Waals surface area contributed by atoms with E-state index in [1.54, 1.807) is 6.20 Å². The van der Waals surface area contributed by atoms with Gasteiger partial charge < -0.3 is 4.74 Å². The number of nitrogens with zero attached hydrogens (tertiary/aromatic N) is 3. The molecule has 1 aliphatic carbocycles. The minimum atomic E-state index is -3.38. The topological polar surface area (TPSA) is 83.3 Å². The molecule has 2 fully saturated rings. The summed E-state index contributed by atoms with van der Waals surface area (Å²) in [6, 6.07) is 5.85. The molecule has 3 rings (SSSR count). The molecule has 2 heterocycles. The minimum absolute atomic E-state index is 0.0602. The molecule has 0 radical (unpaired) electrons. The summed E-state index contributed by atoms with van der Waals surface area (Å²) in [5.74, 6) is 0.598. The zero-order valence-corrected chi connectivity index (χ0v) is 13.3. The van der Waals surface area contributed by atoms with Gasteiger partial charge in [-0.25, -0.2) is 8.42 Å². The van der Waals surface area contributed by atoms with Crippen LogP contribution < -0.4 is 4.74 Å². The summed E-state index contributed by atoms with van der Waals surface area (Å²) >= 11 is 0. The van der Waals surface area contributed by atoms with E-state index in [0.717, 1.165) is 5.69 Å². The monoisotopic (exact) mass is 321 g/mol. The average molecular weight is 321 g/mol. The smallest absolute Gasteiger partial charge is 0.215 e. The van der Waals surface area contributed by atoms with E-state index in [2.05, 4.69) is 11.1 Å². The van der Waals surface area contributed by atoms with Gasteiger partial charge in [0.25, 0.3) is 0 Å². The van der Waals surface area contributed by atoms with E-state index in [1.165, 1.54) is 4.31 Å². The fourth-order valence-corrected chi connectivity index (χ4v) is 4.65. The second-order valence-corrected chi connectivity index (χ2v) is 8.14. The SMILES string of the molecule is Cc1ccc(O[C@H]2CCN(S(=O)(=O)CC3(C#N)CC3)C2)cn1. The number of hydrogen-bond acceptors (Lipinski definition) is 5. The predicted octanol–water partition coefficient (Wildman–Crippen LogP) is 1.48. The van der Waals surface area contributed by atoms with E-state index in [1.807, 2.05) is 19.1 Å². The van der Waals surface area contributed by atoms with Crippen molar-refractivity contribution in [2.45, 2.75) is 32.3 Å². The molecule has 22 heavy (non-hydrogen) atoms. The standard InChI is InChI=1S/C15H19N3O3S/c1-12-2-3-13(8-17-12)21-14-4-7-18(9-14)22(19,20)11-15(10-16)5-6-15/h2-3,8,14H,4-7,9,11H2,1H3/t14-/m0/s1. The van der Waals surface area contributed by atoms with E-state index in [4.69, 9.17) is 10.00 Å². The maximum atomic E-state index is 12.4. The van der Waals surface area contributed by atoms with Gasteiger partial charge in [-0.15, -0.1) is 0 Å². The Kier molecular flexibility index (Phi) is 3.83. The van der Waals surface area contributed by atoms with Crippen molar-refractivity contribution < 1.29 is 13.2 Å². The molecule has 1 atom stereocenters. The summed E-state index contributed by atoms with van der Waals surface area (Å²) in [6.07, 6.45) is 3.53. The molecule has 118 valence electrons. The Morgan fingerprint density at radius 1 is 1.50 bits per heavy atom. The highest BCUT2D eigenvalue weighted by Gasteiger charge is 2.49. The summed E-state index contributed by atoms with van der Waals surface area (Å²) in [4.78, 5) is 4.16. The first kappa shape index (κ1) is 15.3. The average Bonchev–Trinajstić information content (AvgIpc) is 3.07. The molecule has 0 N–H and O–H groups in total. The van der Waals surface area contributed by atoms with Crippen LogP contribution in [-0.2, 0) is 10.0 Å². The van der Waals surface area contributed by atoms with Crippen LogP contribution in [0.4, 0.5) is 0 Å². The van der Waals surface area contributed by atoms with Gasteiger partial charge in [0.1, 0.15) is 11.9 Å². The second kappa shape index (κ2) is 5.52. The summed E-state index contributed by atoms with van der Waals surface area (Å²) in [5.41, 5.74) is 0.271. The number of nitriles is 1. The van der Waals surface area contributed by atoms with Gasteiger partial charge in [-0.1, -0.05) is 0 Å². The third-order valence-corrected chi connectivity index (χ3v) is 6.27. The molecule has 1 saturated heterocycles. The first-order valence-corrected chi connectivity index (χ1v) is 9.02. The van der Waals surface area contributed by atoms with Crippen molar-refractivity contribution in [3.8, 4) is 11.8 Å². The number of aromatic nitrogens is 1. The maximum absolute atomic E-state index is 12.4. The van der Waals surface area contributed by atoms with Gasteiger partial charge in [-0.3, -0.25) is 4.98 Å². The van der Waals surface area contributed by atoms with Crippen LogP contribution in [0, 0.1) is 23.7 Å². The molecule has 0 amide bonds. The molecule has 2 aliphatic rings. The number of sulfonamides is 1. The molecule has 1 aliphatic heterocycles. The summed E-state index contributed by atoms with van der Waals surface area (Å²) < 4.78 is 32.0. The van der Waals surface area contributed by atoms with E-state index in [0.29, 0.717) is 38.1 Å². The third kappa shape index (κ3) is 3.23. The van der Waals surface area contributed by atoms with E-state index >= 15 is 0 Å². The van der Waals surface area contributed by atoms with E-state index in [9.17, 15) is 8.42 Å². The lowest BCUT2D eigenvalue weighted by atomic mass is 10.2. The highest BCUT2D eigenvalue weighted by molar-refractivity contribution is 7.89. The molecule has 1 aromatic heterocycles. The van der Waals surface area contributed by atoms with Gasteiger partial charge in [0, 0.05) is 12.2 Å². The fourth-order valence-electron chi connectivity index (χ4n) is 2.64. The van der Waals surface area contributed by atoms with Crippen LogP contribution in [0.25, 0.3) is 0 Å². The Bertz CT molecular complexity index is 690. The van der Waals surface area contributed by atoms with Crippen molar-refractivity contribution in [3.63, 3.8) is 0 Å². The van der Waals surface area contributed by atoms with Crippen molar-refractivity contribution >= 4 is 10.0 Å². The zero-order valence-electron chi connectivity index (χ0n) is 12.5. The van der Waals surface area contributed by atoms with Gasteiger partial charge >= 0.3 is 0 Å². The molecular weight excluding hydrogens is 302 g/mol. The number of ether oxygens (including phenoxy) is 1. The van der Waals surface area contributed by atoms with Crippen LogP contribution in [-0.4, -0.2) is 42.7 Å². The maximum Gasteiger partial charge on any atom is 0.215 e. The van der Waals surface area contributed by atoms with Gasteiger partial charge in [-0.2, -0.15) is 9.57 Å². The highest BCUT2D eigenvalue weighted by Crippen LogP contribution is 2.46. The van der Waals surface area contributed by atoms with Gasteiger partial charge in [-0.05, 0) is 38.3 Å². The molecule has 0 aromatic carbocycles. The zero-order chi connectivity index (χ0) is 15.8. The third-order valence-electron chi connectivity index (χ3n) is 4.24. The van der Waals surface area contributed by atoms with Crippen molar-refractivity contribution in [1.82, 2.24) is 9.29 Å². The molecule has 0 bridgehead atoms. The first-order valence-electron chi connectivity index (χ1n) is 7.41. The van der Waals surface area contributed by atoms with Crippen molar-refractivity contribution in [2.75, 3.05) is 18.8 Å². The Morgan fingerprint density at radius 3 is 2.86 bits per heavy atom. The van der Waals surface area contributed by atoms with Gasteiger partial charge in [0.05, 0.1) is 30.0 Å². The normalized spacial score (nSPS) is 23.9. The molecule has 0 unspecified atom stereocenters. The molecule has 1 saturated carbocycles. The molecule has 6 nitrogen and oxygen atoms in total. The molecule has 7 heteroatoms. The summed E-state index contributed by atoms with van der Waals surface area (Å²) in [6.45, 7) is 2.70. The van der Waals surface area contributed by atoms with Crippen LogP contribution in [0.1, 0.15) is 25.0 Å². The fraction of sp³-hybridized carbons (Fsp3) is 0.600. The van der Waals surface area contributed by atoms with Crippen molar-refractivity contribution in [3.05, 3.63) is 24.0 Å². The number of hydrogen-bond donors (Lipinski definition) is 0. The predicted molar refractivity (Wildman–Crippen MR) is 80.6 cm³/mol. The Balaban J connectivity index is 1.60. The molecular formula is C15H19N3O3S. The molecule has 1 aromatic rings. The summed E-state index contributed by atoms with van der Waals surface area (Å²) in [5, 5.41) is 9.07. The summed E-state index contributed by atoms with van der Waals surface area (Å²) in [7, 11) is -3.38. The van der Waals surface area contributed by atoms with Crippen LogP contribution in [0.15, 0.2) is 18.3 Å². The Labute approximate surface area is 130 Å². The second-order valence-electron chi connectivity index (χ2n) is 6.17. The van der Waals surface area contributed by atoms with Crippen LogP contribution in [0.5, 0.6) is 5.75 Å². The van der Waals surface area contributed by atoms with Gasteiger partial charge in [0.2, 0.25) is 10.0 Å². The van der Waals surface area contributed by atoms with Crippen LogP contribution >= 0.6 is 0 Å². The quantitative estimate of drug-likeness (QED) is 0.820. The lowest BCUT2D eigenvalue weighted by Gasteiger charge is -2.18. The van der Waals surface area contributed by atoms with Crippen molar-refractivity contribution in [2.24, 2.45) is 5.41 Å². The van der Waals surface area contributed by atoms with Crippen LogP contribution in [0.2, 0.25) is 0 Å². The largest absolute Gasteiger partial charge is 0.487 e.